The summed E-state index contributed by atoms with van der Waals surface area (Å²) in [5, 5.41) is 26.0. The van der Waals surface area contributed by atoms with E-state index in [0.717, 1.165) is 12.1 Å². The molecular formula is C20H23F2N3O5. The number of carbonyl (C=O) groups is 2. The zero-order valence-corrected chi connectivity index (χ0v) is 16.3. The number of piperazine rings is 1. The summed E-state index contributed by atoms with van der Waals surface area (Å²) in [6, 6.07) is 2.83. The van der Waals surface area contributed by atoms with Gasteiger partial charge in [0.2, 0.25) is 5.78 Å². The Morgan fingerprint density at radius 1 is 1.40 bits per heavy atom. The number of hydrogen-bond acceptors (Lipinski definition) is 7. The molecule has 162 valence electrons. The van der Waals surface area contributed by atoms with Gasteiger partial charge in [0.15, 0.2) is 12.0 Å². The predicted octanol–water partition coefficient (Wildman–Crippen LogP) is 0.834. The third-order valence-corrected chi connectivity index (χ3v) is 5.17. The average Bonchev–Trinajstić information content (AvgIpc) is 2.71. The normalized spacial score (nSPS) is 25.7. The molecule has 0 radical (unpaired) electrons. The molecule has 2 saturated heterocycles. The zero-order valence-electron chi connectivity index (χ0n) is 16.3. The topological polar surface area (TPSA) is 111 Å². The monoisotopic (exact) mass is 423 g/mol. The molecule has 0 aromatic heterocycles. The van der Waals surface area contributed by atoms with E-state index in [1.165, 1.54) is 0 Å². The van der Waals surface area contributed by atoms with Crippen molar-refractivity contribution in [2.24, 2.45) is 0 Å². The van der Waals surface area contributed by atoms with Crippen LogP contribution in [-0.2, 0) is 20.9 Å². The molecule has 3 atom stereocenters. The molecule has 4 N–H and O–H groups in total. The summed E-state index contributed by atoms with van der Waals surface area (Å²) in [4.78, 5) is 26.3. The molecule has 0 aliphatic carbocycles. The van der Waals surface area contributed by atoms with Crippen LogP contribution in [0.4, 0.5) is 8.78 Å². The molecule has 2 heterocycles. The predicted molar refractivity (Wildman–Crippen MR) is 102 cm³/mol. The number of Topliss-reactive ketones (excluding diaryl/α,β-unsaturated/α-hetero) is 1. The summed E-state index contributed by atoms with van der Waals surface area (Å²) in [5.74, 6) is -4.47. The van der Waals surface area contributed by atoms with Crippen molar-refractivity contribution in [2.75, 3.05) is 13.2 Å². The molecule has 1 aromatic carbocycles. The van der Waals surface area contributed by atoms with Crippen molar-refractivity contribution in [3.05, 3.63) is 59.0 Å². The van der Waals surface area contributed by atoms with Gasteiger partial charge in [-0.1, -0.05) is 12.6 Å². The van der Waals surface area contributed by atoms with Crippen LogP contribution in [0.3, 0.4) is 0 Å². The highest BCUT2D eigenvalue weighted by atomic mass is 19.1. The Morgan fingerprint density at radius 2 is 2.13 bits per heavy atom. The van der Waals surface area contributed by atoms with E-state index < -0.39 is 47.1 Å². The number of rotatable bonds is 5. The number of aliphatic hydroxyl groups excluding tert-OH is 2. The number of ketones is 1. The van der Waals surface area contributed by atoms with E-state index in [-0.39, 0.29) is 30.4 Å². The van der Waals surface area contributed by atoms with Gasteiger partial charge < -0.3 is 25.6 Å². The van der Waals surface area contributed by atoms with Crippen LogP contribution >= 0.6 is 0 Å². The molecule has 1 unspecified atom stereocenters. The maximum Gasteiger partial charge on any atom is 0.255 e. The molecule has 30 heavy (non-hydrogen) atoms. The Hall–Kier alpha value is -2.82. The van der Waals surface area contributed by atoms with E-state index in [1.807, 2.05) is 6.92 Å². The zero-order chi connectivity index (χ0) is 22.0. The number of fused-ring (bicyclic) bond motifs is 1. The van der Waals surface area contributed by atoms with Crippen LogP contribution in [0.2, 0.25) is 0 Å². The first-order chi connectivity index (χ1) is 14.2. The van der Waals surface area contributed by atoms with Crippen molar-refractivity contribution in [3.63, 3.8) is 0 Å². The third kappa shape index (κ3) is 4.35. The Labute approximate surface area is 171 Å². The van der Waals surface area contributed by atoms with Gasteiger partial charge in [-0.3, -0.25) is 9.59 Å². The van der Waals surface area contributed by atoms with Crippen molar-refractivity contribution in [1.29, 1.82) is 0 Å². The first-order valence-corrected chi connectivity index (χ1v) is 9.40. The fourth-order valence-corrected chi connectivity index (χ4v) is 3.42. The lowest BCUT2D eigenvalue weighted by Crippen LogP contribution is -2.62. The highest BCUT2D eigenvalue weighted by molar-refractivity contribution is 6.24. The minimum Gasteiger partial charge on any atom is -0.503 e. The Morgan fingerprint density at radius 3 is 2.83 bits per heavy atom. The standard InChI is InChI=1S/C20H23F2N3O5/c1-10-5-6-30-15-9-23-16(20(29)25(10)15)18(27)17(26)11(2)19(28)24-8-12-3-4-13(21)7-14(12)22/h3-4,7,10,15,20,23,27,29H,2,5-6,8-9H2,1H3,(H,24,28)/b18-16+/t10-,15+,20?/m1/s1. The number of nitrogens with one attached hydrogen (secondary N) is 2. The molecule has 3 rings (SSSR count). The van der Waals surface area contributed by atoms with Crippen LogP contribution in [0.15, 0.2) is 41.8 Å². The number of amides is 1. The number of nitrogens with zero attached hydrogens (tertiary/aromatic N) is 1. The minimum atomic E-state index is -1.33. The minimum absolute atomic E-state index is 0.0158. The van der Waals surface area contributed by atoms with Gasteiger partial charge in [0.25, 0.3) is 5.91 Å². The van der Waals surface area contributed by atoms with Gasteiger partial charge >= 0.3 is 0 Å². The molecule has 0 bridgehead atoms. The quantitative estimate of drug-likeness (QED) is 0.240. The molecule has 10 heteroatoms. The SMILES string of the molecule is C=C(C(=O)NCc1ccc(F)cc1F)C(=O)/C(O)=C1\NC[C@@H]2OCC[C@@H](C)N2C1O. The van der Waals surface area contributed by atoms with E-state index >= 15 is 0 Å². The number of allylic oxidation sites excluding steroid dienone is 1. The van der Waals surface area contributed by atoms with Crippen LogP contribution in [0.5, 0.6) is 0 Å². The lowest BCUT2D eigenvalue weighted by molar-refractivity contribution is -0.183. The first-order valence-electron chi connectivity index (χ1n) is 9.40. The average molecular weight is 423 g/mol. The summed E-state index contributed by atoms with van der Waals surface area (Å²) in [5.41, 5.74) is -0.726. The molecule has 0 saturated carbocycles. The highest BCUT2D eigenvalue weighted by Crippen LogP contribution is 2.26. The molecule has 0 spiro atoms. The van der Waals surface area contributed by atoms with Crippen LogP contribution in [0, 0.1) is 11.6 Å². The van der Waals surface area contributed by atoms with Gasteiger partial charge in [0.1, 0.15) is 23.6 Å². The van der Waals surface area contributed by atoms with Crippen LogP contribution in [0.25, 0.3) is 0 Å². The van der Waals surface area contributed by atoms with Crippen LogP contribution in [-0.4, -0.2) is 58.5 Å². The van der Waals surface area contributed by atoms with E-state index in [0.29, 0.717) is 19.1 Å². The summed E-state index contributed by atoms with van der Waals surface area (Å²) >= 11 is 0. The highest BCUT2D eigenvalue weighted by Gasteiger charge is 2.41. The van der Waals surface area contributed by atoms with Crippen LogP contribution in [0.1, 0.15) is 18.9 Å². The number of aliphatic hydroxyl groups is 2. The van der Waals surface area contributed by atoms with E-state index in [4.69, 9.17) is 4.74 Å². The van der Waals surface area contributed by atoms with Gasteiger partial charge in [-0.25, -0.2) is 13.7 Å². The van der Waals surface area contributed by atoms with Gasteiger partial charge in [-0.15, -0.1) is 0 Å². The number of carbonyl (C=O) groups excluding carboxylic acids is 2. The Bertz CT molecular complexity index is 904. The van der Waals surface area contributed by atoms with E-state index in [2.05, 4.69) is 17.2 Å². The maximum atomic E-state index is 13.7. The van der Waals surface area contributed by atoms with Crippen LogP contribution < -0.4 is 10.6 Å². The van der Waals surface area contributed by atoms with Crippen molar-refractivity contribution >= 4 is 11.7 Å². The maximum absolute atomic E-state index is 13.7. The fourth-order valence-electron chi connectivity index (χ4n) is 3.42. The summed E-state index contributed by atoms with van der Waals surface area (Å²) in [6.45, 7) is 5.73. The van der Waals surface area contributed by atoms with Crippen molar-refractivity contribution in [3.8, 4) is 0 Å². The summed E-state index contributed by atoms with van der Waals surface area (Å²) in [7, 11) is 0. The summed E-state index contributed by atoms with van der Waals surface area (Å²) in [6.07, 6.45) is -1.07. The van der Waals surface area contributed by atoms with Gasteiger partial charge in [0, 0.05) is 24.2 Å². The van der Waals surface area contributed by atoms with E-state index in [1.54, 1.807) is 4.90 Å². The second-order valence-corrected chi connectivity index (χ2v) is 7.15. The lowest BCUT2D eigenvalue weighted by atomic mass is 10.0. The third-order valence-electron chi connectivity index (χ3n) is 5.17. The molecule has 2 aliphatic rings. The van der Waals surface area contributed by atoms with Gasteiger partial charge in [0.05, 0.1) is 18.7 Å². The molecule has 2 aliphatic heterocycles. The Kier molecular flexibility index (Phi) is 6.49. The molecule has 8 nitrogen and oxygen atoms in total. The second kappa shape index (κ2) is 8.90. The molecule has 1 amide bonds. The Balaban J connectivity index is 1.68. The van der Waals surface area contributed by atoms with Crippen molar-refractivity contribution in [1.82, 2.24) is 15.5 Å². The lowest BCUT2D eigenvalue weighted by Gasteiger charge is -2.47. The number of hydrogen-bond donors (Lipinski definition) is 4. The number of halogens is 2. The number of ether oxygens (including phenoxy) is 1. The second-order valence-electron chi connectivity index (χ2n) is 7.15. The largest absolute Gasteiger partial charge is 0.503 e. The summed E-state index contributed by atoms with van der Waals surface area (Å²) < 4.78 is 32.2. The van der Waals surface area contributed by atoms with Crippen molar-refractivity contribution in [2.45, 2.75) is 38.4 Å². The molecule has 2 fully saturated rings. The van der Waals surface area contributed by atoms with Gasteiger partial charge in [-0.05, 0) is 19.4 Å². The molecular weight excluding hydrogens is 400 g/mol. The van der Waals surface area contributed by atoms with E-state index in [9.17, 15) is 28.6 Å². The number of benzene rings is 1. The molecule has 1 aromatic rings. The first kappa shape index (κ1) is 21.9. The smallest absolute Gasteiger partial charge is 0.255 e. The van der Waals surface area contributed by atoms with Crippen molar-refractivity contribution < 1.29 is 33.3 Å². The fraction of sp³-hybridized carbons (Fsp3) is 0.400. The van der Waals surface area contributed by atoms with Gasteiger partial charge in [-0.2, -0.15) is 0 Å².